The average molecular weight is 60.5 g/mol. The van der Waals surface area contributed by atoms with Gasteiger partial charge in [0.2, 0.25) is 0 Å². The number of hydrogen-bond donors (Lipinski definition) is 0. The minimum absolute atomic E-state index is 1.26. The monoisotopic (exact) mass is 61.1 g/mol. The van der Waals surface area contributed by atoms with Crippen LogP contribution < -0.4 is 0 Å². The number of rotatable bonds is 0. The third kappa shape index (κ3) is 0.749. The van der Waals surface area contributed by atoms with Gasteiger partial charge < -0.3 is 0 Å². The summed E-state index contributed by atoms with van der Waals surface area (Å²) >= 11 is 0. The van der Waals surface area contributed by atoms with E-state index in [1.165, 1.54) is 12.6 Å². The normalized spacial score (nSPS) is 16.0. The molecule has 0 nitrogen and oxygen atoms in total. The van der Waals surface area contributed by atoms with Gasteiger partial charge in [-0.05, 0) is 0 Å². The summed E-state index contributed by atoms with van der Waals surface area (Å²) in [5.74, 6) is 0. The molecule has 1 rings (SSSR count). The summed E-state index contributed by atoms with van der Waals surface area (Å²) in [7, 11) is 2.18. The van der Waals surface area contributed by atoms with Crippen LogP contribution in [-0.4, -0.2) is 20.7 Å². The fourth-order valence-corrected chi connectivity index (χ4v) is 0.481. The van der Waals surface area contributed by atoms with Gasteiger partial charge >= 0.3 is 33.3 Å². The fourth-order valence-electron chi connectivity index (χ4n) is 0.481. The van der Waals surface area contributed by atoms with Crippen molar-refractivity contribution in [1.82, 2.24) is 0 Å². The Hall–Kier alpha value is 0.195. The van der Waals surface area contributed by atoms with Gasteiger partial charge in [0.05, 0.1) is 0 Å². The maximum atomic E-state index is 2.18. The van der Waals surface area contributed by atoms with Crippen LogP contribution in [0.1, 0.15) is 0 Å². The van der Waals surface area contributed by atoms with E-state index < -0.39 is 0 Å². The van der Waals surface area contributed by atoms with E-state index in [9.17, 15) is 0 Å². The molecule has 3 heteroatoms. The Balaban J connectivity index is 2.32. The zero-order chi connectivity index (χ0) is 3.54. The third-order valence-electron chi connectivity index (χ3n) is 0.772. The first-order valence-corrected chi connectivity index (χ1v) is 1.98. The molecule has 0 fully saturated rings. The predicted molar refractivity (Wildman–Crippen MR) is 26.9 cm³/mol. The minimum atomic E-state index is 1.26. The van der Waals surface area contributed by atoms with Crippen molar-refractivity contribution < 1.29 is 0 Å². The molecule has 1 radical (unpaired) electrons. The molecule has 0 N–H and O–H groups in total. The molecule has 0 atom stereocenters. The molecule has 0 saturated carbocycles. The van der Waals surface area contributed by atoms with Gasteiger partial charge in [0.15, 0.2) is 0 Å². The van der Waals surface area contributed by atoms with E-state index >= 15 is 0 Å². The van der Waals surface area contributed by atoms with E-state index in [2.05, 4.69) is 20.7 Å². The van der Waals surface area contributed by atoms with Crippen molar-refractivity contribution in [3.8, 4) is 0 Å². The van der Waals surface area contributed by atoms with Gasteiger partial charge in [0.25, 0.3) is 0 Å². The molecule has 0 aliphatic carbocycles. The van der Waals surface area contributed by atoms with E-state index in [0.717, 1.165) is 0 Å². The van der Waals surface area contributed by atoms with E-state index in [1.807, 2.05) is 0 Å². The summed E-state index contributed by atoms with van der Waals surface area (Å²) in [6.07, 6.45) is 2.53. The van der Waals surface area contributed by atoms with E-state index in [-0.39, 0.29) is 0 Å². The second-order valence-corrected chi connectivity index (χ2v) is 1.24. The molecule has 0 aromatic carbocycles. The van der Waals surface area contributed by atoms with Crippen molar-refractivity contribution >= 4 is 20.7 Å². The summed E-state index contributed by atoms with van der Waals surface area (Å²) in [6.45, 7) is 4.29. The van der Waals surface area contributed by atoms with Crippen molar-refractivity contribution in [3.05, 3.63) is 0 Å². The van der Waals surface area contributed by atoms with Crippen molar-refractivity contribution in [2.24, 2.45) is 0 Å². The van der Waals surface area contributed by atoms with Crippen LogP contribution in [0.15, 0.2) is 0 Å². The SMILES string of the molecule is [B]1B=BCC1. The molecule has 0 aromatic heterocycles. The van der Waals surface area contributed by atoms with Crippen LogP contribution in [0, 0.1) is 0 Å². The molecule has 0 amide bonds. The van der Waals surface area contributed by atoms with Gasteiger partial charge in [0, 0.05) is 0 Å². The average Bonchev–Trinajstić information content (AvgIpc) is 1.76. The predicted octanol–water partition coefficient (Wildman–Crippen LogP) is -0.221. The van der Waals surface area contributed by atoms with E-state index in [4.69, 9.17) is 0 Å². The van der Waals surface area contributed by atoms with Gasteiger partial charge in [-0.1, -0.05) is 0 Å². The zero-order valence-electron chi connectivity index (χ0n) is 3.15. The standard InChI is InChI=1S/C2H4B3/c1-2-4-5-3-1/h1-2H2. The van der Waals surface area contributed by atoms with Crippen LogP contribution in [0.2, 0.25) is 12.6 Å². The molecule has 5 heavy (non-hydrogen) atoms. The Morgan fingerprint density at radius 1 is 1.20 bits per heavy atom. The zero-order valence-corrected chi connectivity index (χ0v) is 3.15. The number of hydrogen-bond acceptors (Lipinski definition) is 0. The van der Waals surface area contributed by atoms with Gasteiger partial charge in [-0.3, -0.25) is 0 Å². The van der Waals surface area contributed by atoms with Gasteiger partial charge in [0.1, 0.15) is 0 Å². The van der Waals surface area contributed by atoms with Gasteiger partial charge in [-0.2, -0.15) is 0 Å². The summed E-state index contributed by atoms with van der Waals surface area (Å²) < 4.78 is 0. The van der Waals surface area contributed by atoms with E-state index in [1.54, 1.807) is 0 Å². The molecular formula is C2H4B3. The van der Waals surface area contributed by atoms with E-state index in [0.29, 0.717) is 0 Å². The molecule has 0 bridgehead atoms. The first-order valence-electron chi connectivity index (χ1n) is 1.98. The molecule has 0 aromatic rings. The summed E-state index contributed by atoms with van der Waals surface area (Å²) in [5.41, 5.74) is 0. The molecule has 1 heterocycles. The van der Waals surface area contributed by atoms with Gasteiger partial charge in [-0.25, -0.2) is 0 Å². The van der Waals surface area contributed by atoms with Crippen molar-refractivity contribution in [2.75, 3.05) is 0 Å². The Bertz CT molecular complexity index is 42.9. The third-order valence-corrected chi connectivity index (χ3v) is 0.772. The molecule has 0 saturated heterocycles. The van der Waals surface area contributed by atoms with Crippen molar-refractivity contribution in [2.45, 2.75) is 12.6 Å². The summed E-state index contributed by atoms with van der Waals surface area (Å²) in [4.78, 5) is 0. The fraction of sp³-hybridized carbons (Fsp3) is 1.00. The van der Waals surface area contributed by atoms with Crippen LogP contribution in [-0.2, 0) is 0 Å². The quantitative estimate of drug-likeness (QED) is 0.339. The molecular weight excluding hydrogens is 56.5 g/mol. The van der Waals surface area contributed by atoms with Crippen molar-refractivity contribution in [3.63, 3.8) is 0 Å². The molecule has 1 aliphatic rings. The summed E-state index contributed by atoms with van der Waals surface area (Å²) in [6, 6.07) is 0. The summed E-state index contributed by atoms with van der Waals surface area (Å²) in [5, 5.41) is 0. The topological polar surface area (TPSA) is 0 Å². The van der Waals surface area contributed by atoms with Gasteiger partial charge in [-0.15, -0.1) is 0 Å². The van der Waals surface area contributed by atoms with Crippen LogP contribution in [0.5, 0.6) is 0 Å². The van der Waals surface area contributed by atoms with Crippen LogP contribution in [0.4, 0.5) is 0 Å². The molecule has 0 unspecified atom stereocenters. The second-order valence-electron chi connectivity index (χ2n) is 1.24. The maximum absolute atomic E-state index is 2.18. The van der Waals surface area contributed by atoms with Crippen LogP contribution in [0.3, 0.4) is 0 Å². The Kier molecular flexibility index (Phi) is 1.07. The van der Waals surface area contributed by atoms with Crippen molar-refractivity contribution in [1.29, 1.82) is 0 Å². The first-order chi connectivity index (χ1) is 2.50. The Morgan fingerprint density at radius 2 is 2.20 bits per heavy atom. The molecule has 21 valence electrons. The van der Waals surface area contributed by atoms with Crippen LogP contribution in [0.25, 0.3) is 0 Å². The van der Waals surface area contributed by atoms with Crippen LogP contribution >= 0.6 is 0 Å². The molecule has 0 spiro atoms. The Labute approximate surface area is 34.3 Å². The molecule has 1 aliphatic heterocycles. The second kappa shape index (κ2) is 1.59. The Morgan fingerprint density at radius 3 is 2.40 bits per heavy atom. The first kappa shape index (κ1) is 3.39.